The van der Waals surface area contributed by atoms with Gasteiger partial charge in [-0.15, -0.1) is 0 Å². The maximum Gasteiger partial charge on any atom is 0.270 e. The Balaban J connectivity index is 1.95. The average molecular weight is 381 g/mol. The molecule has 0 radical (unpaired) electrons. The molecular formula is C15H9ClN2O4S2. The van der Waals surface area contributed by atoms with Crippen LogP contribution in [0, 0.1) is 10.1 Å². The molecule has 0 aliphatic carbocycles. The molecule has 122 valence electrons. The number of thiocarbonyl (C=S) groups is 1. The number of hydrogen-bond donors (Lipinski definition) is 0. The van der Waals surface area contributed by atoms with Gasteiger partial charge in [0.05, 0.1) is 14.9 Å². The second kappa shape index (κ2) is 6.39. The van der Waals surface area contributed by atoms with Gasteiger partial charge in [-0.1, -0.05) is 35.6 Å². The average Bonchev–Trinajstić information content (AvgIpc) is 3.09. The third kappa shape index (κ3) is 3.08. The summed E-state index contributed by atoms with van der Waals surface area (Å²) in [6.07, 6.45) is 1.58. The van der Waals surface area contributed by atoms with Crippen LogP contribution in [0.2, 0.25) is 5.02 Å². The number of likely N-dealkylation sites (N-methyl/N-ethyl adjacent to an activating group) is 1. The molecule has 6 nitrogen and oxygen atoms in total. The molecular weight excluding hydrogens is 372 g/mol. The van der Waals surface area contributed by atoms with E-state index < -0.39 is 4.92 Å². The zero-order valence-electron chi connectivity index (χ0n) is 12.2. The van der Waals surface area contributed by atoms with Crippen LogP contribution in [0.5, 0.6) is 0 Å². The second-order valence-electron chi connectivity index (χ2n) is 4.86. The van der Waals surface area contributed by atoms with Gasteiger partial charge in [0.25, 0.3) is 11.6 Å². The Labute approximate surface area is 151 Å². The molecule has 0 N–H and O–H groups in total. The highest BCUT2D eigenvalue weighted by Crippen LogP contribution is 2.35. The first kappa shape index (κ1) is 16.7. The number of non-ortho nitro benzene ring substituents is 1. The molecule has 1 aromatic heterocycles. The highest BCUT2D eigenvalue weighted by Gasteiger charge is 2.29. The number of furan rings is 1. The zero-order chi connectivity index (χ0) is 17.4. The van der Waals surface area contributed by atoms with E-state index in [0.29, 0.717) is 31.3 Å². The zero-order valence-corrected chi connectivity index (χ0v) is 14.6. The van der Waals surface area contributed by atoms with E-state index in [4.69, 9.17) is 28.2 Å². The van der Waals surface area contributed by atoms with Crippen LogP contribution in [0.15, 0.2) is 39.7 Å². The molecule has 3 rings (SSSR count). The van der Waals surface area contributed by atoms with E-state index in [0.717, 1.165) is 0 Å². The molecule has 1 saturated heterocycles. The van der Waals surface area contributed by atoms with Crippen molar-refractivity contribution >= 4 is 57.6 Å². The van der Waals surface area contributed by atoms with Crippen LogP contribution in [0.1, 0.15) is 5.76 Å². The van der Waals surface area contributed by atoms with Gasteiger partial charge in [-0.05, 0) is 18.2 Å². The van der Waals surface area contributed by atoms with Crippen LogP contribution < -0.4 is 0 Å². The first-order valence-corrected chi connectivity index (χ1v) is 8.23. The maximum atomic E-state index is 12.0. The van der Waals surface area contributed by atoms with Crippen molar-refractivity contribution < 1.29 is 14.1 Å². The summed E-state index contributed by atoms with van der Waals surface area (Å²) in [5.41, 5.74) is 0.327. The third-order valence-corrected chi connectivity index (χ3v) is 5.13. The number of nitro groups is 1. The van der Waals surface area contributed by atoms with Crippen molar-refractivity contribution in [2.24, 2.45) is 0 Å². The van der Waals surface area contributed by atoms with Crippen LogP contribution in [0.3, 0.4) is 0 Å². The fourth-order valence-electron chi connectivity index (χ4n) is 2.07. The lowest BCUT2D eigenvalue weighted by atomic mass is 10.1. The number of rotatable bonds is 3. The minimum absolute atomic E-state index is 0.0841. The van der Waals surface area contributed by atoms with Crippen molar-refractivity contribution in [1.82, 2.24) is 4.90 Å². The largest absolute Gasteiger partial charge is 0.457 e. The lowest BCUT2D eigenvalue weighted by Gasteiger charge is -2.03. The minimum Gasteiger partial charge on any atom is -0.457 e. The van der Waals surface area contributed by atoms with E-state index in [2.05, 4.69) is 0 Å². The Kier molecular flexibility index (Phi) is 4.44. The molecule has 0 atom stereocenters. The Hall–Kier alpha value is -2.16. The minimum atomic E-state index is -0.504. The number of amides is 1. The number of carbonyl (C=O) groups excluding carboxylic acids is 1. The number of nitro benzene ring substituents is 1. The quantitative estimate of drug-likeness (QED) is 0.341. The van der Waals surface area contributed by atoms with Gasteiger partial charge in [-0.2, -0.15) is 0 Å². The van der Waals surface area contributed by atoms with Crippen molar-refractivity contribution in [2.75, 3.05) is 7.05 Å². The molecule has 1 aromatic carbocycles. The van der Waals surface area contributed by atoms with Gasteiger partial charge >= 0.3 is 0 Å². The van der Waals surface area contributed by atoms with E-state index in [1.54, 1.807) is 25.3 Å². The summed E-state index contributed by atoms with van der Waals surface area (Å²) in [7, 11) is 1.61. The number of hydrogen-bond acceptors (Lipinski definition) is 6. The summed E-state index contributed by atoms with van der Waals surface area (Å²) in [5, 5.41) is 11.2. The van der Waals surface area contributed by atoms with Gasteiger partial charge in [0.15, 0.2) is 0 Å². The van der Waals surface area contributed by atoms with Crippen LogP contribution in [0.25, 0.3) is 17.4 Å². The summed E-state index contributed by atoms with van der Waals surface area (Å²) in [6.45, 7) is 0. The molecule has 1 amide bonds. The fourth-order valence-corrected chi connectivity index (χ4v) is 3.44. The summed E-state index contributed by atoms with van der Waals surface area (Å²) >= 11 is 12.3. The van der Waals surface area contributed by atoms with Crippen molar-refractivity contribution in [3.8, 4) is 11.3 Å². The van der Waals surface area contributed by atoms with E-state index >= 15 is 0 Å². The Morgan fingerprint density at radius 1 is 1.38 bits per heavy atom. The molecule has 1 aliphatic rings. The van der Waals surface area contributed by atoms with Gasteiger partial charge < -0.3 is 4.42 Å². The van der Waals surface area contributed by atoms with Crippen LogP contribution in [-0.4, -0.2) is 27.1 Å². The van der Waals surface area contributed by atoms with E-state index in [1.807, 2.05) is 0 Å². The molecule has 1 fully saturated rings. The normalized spacial score (nSPS) is 16.2. The summed E-state index contributed by atoms with van der Waals surface area (Å²) < 4.78 is 6.13. The van der Waals surface area contributed by atoms with Gasteiger partial charge in [0.2, 0.25) is 0 Å². The predicted octanol–water partition coefficient (Wildman–Crippen LogP) is 4.34. The fraction of sp³-hybridized carbons (Fsp3) is 0.0667. The van der Waals surface area contributed by atoms with E-state index in [9.17, 15) is 14.9 Å². The summed E-state index contributed by atoms with van der Waals surface area (Å²) in [6, 6.07) is 7.41. The van der Waals surface area contributed by atoms with Gasteiger partial charge in [-0.25, -0.2) is 0 Å². The molecule has 0 saturated carbocycles. The monoisotopic (exact) mass is 380 g/mol. The number of nitrogens with zero attached hydrogens (tertiary/aromatic N) is 2. The highest BCUT2D eigenvalue weighted by atomic mass is 35.5. The van der Waals surface area contributed by atoms with Crippen LogP contribution in [0.4, 0.5) is 5.69 Å². The van der Waals surface area contributed by atoms with Gasteiger partial charge in [0, 0.05) is 30.8 Å². The Bertz CT molecular complexity index is 907. The molecule has 0 bridgehead atoms. The topological polar surface area (TPSA) is 76.6 Å². The number of carbonyl (C=O) groups is 1. The number of benzene rings is 1. The molecule has 0 unspecified atom stereocenters. The van der Waals surface area contributed by atoms with Crippen molar-refractivity contribution in [2.45, 2.75) is 0 Å². The molecule has 9 heteroatoms. The SMILES string of the molecule is CN1C(=O)/C(=C/c2ccc(-c3cc([N+](=O)[O-])ccc3Cl)o2)SC1=S. The summed E-state index contributed by atoms with van der Waals surface area (Å²) in [4.78, 5) is 24.2. The second-order valence-corrected chi connectivity index (χ2v) is 6.95. The molecule has 2 aromatic rings. The lowest BCUT2D eigenvalue weighted by molar-refractivity contribution is -0.384. The molecule has 0 spiro atoms. The standard InChI is InChI=1S/C15H9ClN2O4S2/c1-17-14(19)13(24-15(17)23)7-9-3-5-12(22-9)10-6-8(18(20)21)2-4-11(10)16/h2-7H,1H3/b13-7-. The Morgan fingerprint density at radius 2 is 2.12 bits per heavy atom. The van der Waals surface area contributed by atoms with Gasteiger partial charge in [0.1, 0.15) is 15.8 Å². The predicted molar refractivity (Wildman–Crippen MR) is 96.7 cm³/mol. The molecule has 2 heterocycles. The van der Waals surface area contributed by atoms with Crippen LogP contribution in [-0.2, 0) is 4.79 Å². The first-order valence-electron chi connectivity index (χ1n) is 6.62. The van der Waals surface area contributed by atoms with Crippen molar-refractivity contribution in [3.63, 3.8) is 0 Å². The molecule has 24 heavy (non-hydrogen) atoms. The first-order chi connectivity index (χ1) is 11.4. The highest BCUT2D eigenvalue weighted by molar-refractivity contribution is 8.26. The lowest BCUT2D eigenvalue weighted by Crippen LogP contribution is -2.22. The number of halogens is 1. The van der Waals surface area contributed by atoms with E-state index in [1.165, 1.54) is 34.9 Å². The summed E-state index contributed by atoms with van der Waals surface area (Å²) in [5.74, 6) is 0.611. The van der Waals surface area contributed by atoms with Gasteiger partial charge in [-0.3, -0.25) is 19.8 Å². The van der Waals surface area contributed by atoms with Crippen molar-refractivity contribution in [3.05, 3.63) is 56.1 Å². The smallest absolute Gasteiger partial charge is 0.270 e. The maximum absolute atomic E-state index is 12.0. The van der Waals surface area contributed by atoms with Crippen molar-refractivity contribution in [1.29, 1.82) is 0 Å². The third-order valence-electron chi connectivity index (χ3n) is 3.31. The Morgan fingerprint density at radius 3 is 2.75 bits per heavy atom. The number of thioether (sulfide) groups is 1. The van der Waals surface area contributed by atoms with E-state index in [-0.39, 0.29) is 11.6 Å². The molecule has 1 aliphatic heterocycles. The van der Waals surface area contributed by atoms with Crippen LogP contribution >= 0.6 is 35.6 Å².